The zero-order valence-corrected chi connectivity index (χ0v) is 26.0. The van der Waals surface area contributed by atoms with Gasteiger partial charge in [0, 0.05) is 30.2 Å². The molecule has 1 heterocycles. The molecule has 0 radical (unpaired) electrons. The molecular formula is C34H41F6N3O. The number of allylic oxidation sites excluding steroid dienone is 8. The highest BCUT2D eigenvalue weighted by Crippen LogP contribution is 2.34. The van der Waals surface area contributed by atoms with E-state index in [1.807, 2.05) is 13.8 Å². The molecular weight excluding hydrogens is 580 g/mol. The molecule has 4 nitrogen and oxygen atoms in total. The molecule has 1 atom stereocenters. The van der Waals surface area contributed by atoms with E-state index >= 15 is 0 Å². The van der Waals surface area contributed by atoms with Crippen LogP contribution in [0.2, 0.25) is 0 Å². The summed E-state index contributed by atoms with van der Waals surface area (Å²) in [7, 11) is 0. The van der Waals surface area contributed by atoms with Gasteiger partial charge in [-0.15, -0.1) is 0 Å². The summed E-state index contributed by atoms with van der Waals surface area (Å²) in [5.74, 6) is -6.31. The lowest BCUT2D eigenvalue weighted by Gasteiger charge is -2.47. The van der Waals surface area contributed by atoms with Crippen LogP contribution in [-0.4, -0.2) is 40.9 Å². The van der Waals surface area contributed by atoms with Crippen LogP contribution in [0.15, 0.2) is 101 Å². The predicted octanol–water partition coefficient (Wildman–Crippen LogP) is 8.80. The van der Waals surface area contributed by atoms with Crippen LogP contribution in [0.25, 0.3) is 0 Å². The number of hydrogen-bond donors (Lipinski definition) is 1. The molecule has 0 spiro atoms. The van der Waals surface area contributed by atoms with E-state index in [0.717, 1.165) is 18.6 Å². The number of hydrogen-bond acceptors (Lipinski definition) is 3. The van der Waals surface area contributed by atoms with Gasteiger partial charge in [0.15, 0.2) is 11.6 Å². The summed E-state index contributed by atoms with van der Waals surface area (Å²) < 4.78 is 83.2. The first-order valence-corrected chi connectivity index (χ1v) is 14.2. The Morgan fingerprint density at radius 2 is 1.82 bits per heavy atom. The Labute approximate surface area is 256 Å². The van der Waals surface area contributed by atoms with Gasteiger partial charge in [-0.2, -0.15) is 0 Å². The van der Waals surface area contributed by atoms with Crippen LogP contribution in [0.3, 0.4) is 0 Å². The van der Waals surface area contributed by atoms with E-state index in [1.54, 1.807) is 39.0 Å². The van der Waals surface area contributed by atoms with Crippen LogP contribution in [0, 0.1) is 17.6 Å². The third kappa shape index (κ3) is 10.1. The number of rotatable bonds is 13. The summed E-state index contributed by atoms with van der Waals surface area (Å²) in [6.07, 6.45) is 6.32. The summed E-state index contributed by atoms with van der Waals surface area (Å²) in [6, 6.07) is 2.86. The summed E-state index contributed by atoms with van der Waals surface area (Å²) in [4.78, 5) is 13.9. The van der Waals surface area contributed by atoms with Gasteiger partial charge in [0.1, 0.15) is 0 Å². The van der Waals surface area contributed by atoms with Crippen molar-refractivity contribution in [3.63, 3.8) is 0 Å². The van der Waals surface area contributed by atoms with Gasteiger partial charge in [0.05, 0.1) is 30.4 Å². The normalized spacial score (nSPS) is 17.0. The second kappa shape index (κ2) is 15.8. The highest BCUT2D eigenvalue weighted by atomic mass is 19.3. The maximum Gasteiger partial charge on any atom is 0.259 e. The molecule has 0 bridgehead atoms. The van der Waals surface area contributed by atoms with Gasteiger partial charge in [-0.1, -0.05) is 75.1 Å². The van der Waals surface area contributed by atoms with Crippen LogP contribution >= 0.6 is 0 Å². The fourth-order valence-corrected chi connectivity index (χ4v) is 4.63. The summed E-state index contributed by atoms with van der Waals surface area (Å²) >= 11 is 0. The molecule has 1 aliphatic rings. The van der Waals surface area contributed by atoms with Crippen molar-refractivity contribution in [3.05, 3.63) is 119 Å². The molecule has 0 aromatic heterocycles. The number of nitrogens with one attached hydrogen (secondary N) is 1. The largest absolute Gasteiger partial charge is 0.321 e. The molecule has 1 aromatic rings. The van der Waals surface area contributed by atoms with Crippen molar-refractivity contribution in [1.82, 2.24) is 15.3 Å². The summed E-state index contributed by atoms with van der Waals surface area (Å²) in [5, 5.41) is 5.45. The molecule has 2 rings (SSSR count). The molecule has 1 aromatic carbocycles. The van der Waals surface area contributed by atoms with Crippen LogP contribution in [0.5, 0.6) is 0 Å². The SMILES string of the molecule is C=C(/C=C\CC(F)F)/C(C=C(C)C)=C(/C=C\C)NC(=O)C1=CC(C(C)C)N(CC(C)(F)F)N(Cc2cccc(F)c2F)C1=C. The molecule has 1 N–H and O–H groups in total. The van der Waals surface area contributed by atoms with Gasteiger partial charge in [-0.05, 0) is 44.4 Å². The number of amides is 1. The zero-order valence-electron chi connectivity index (χ0n) is 26.0. The second-order valence-corrected chi connectivity index (χ2v) is 11.3. The Kier molecular flexibility index (Phi) is 13.1. The van der Waals surface area contributed by atoms with Crippen molar-refractivity contribution in [2.75, 3.05) is 6.54 Å². The number of hydrazine groups is 1. The van der Waals surface area contributed by atoms with Crippen LogP contribution in [0.4, 0.5) is 26.3 Å². The minimum atomic E-state index is -3.17. The maximum atomic E-state index is 14.8. The first-order valence-electron chi connectivity index (χ1n) is 14.2. The molecule has 0 saturated carbocycles. The van der Waals surface area contributed by atoms with E-state index in [-0.39, 0.29) is 29.3 Å². The van der Waals surface area contributed by atoms with E-state index < -0.39 is 48.9 Å². The summed E-state index contributed by atoms with van der Waals surface area (Å²) in [6.45, 7) is 16.6. The Morgan fingerprint density at radius 3 is 2.36 bits per heavy atom. The maximum absolute atomic E-state index is 14.8. The number of benzene rings is 1. The third-order valence-electron chi connectivity index (χ3n) is 6.62. The third-order valence-corrected chi connectivity index (χ3v) is 6.62. The molecule has 0 aliphatic carbocycles. The number of alkyl halides is 4. The molecule has 44 heavy (non-hydrogen) atoms. The van der Waals surface area contributed by atoms with E-state index in [1.165, 1.54) is 40.4 Å². The van der Waals surface area contributed by atoms with Gasteiger partial charge in [-0.25, -0.2) is 31.4 Å². The fourth-order valence-electron chi connectivity index (χ4n) is 4.63. The zero-order chi connectivity index (χ0) is 33.4. The van der Waals surface area contributed by atoms with Crippen LogP contribution < -0.4 is 5.32 Å². The molecule has 240 valence electrons. The smallest absolute Gasteiger partial charge is 0.259 e. The minimum absolute atomic E-state index is 0.00607. The predicted molar refractivity (Wildman–Crippen MR) is 163 cm³/mol. The van der Waals surface area contributed by atoms with Crippen molar-refractivity contribution < 1.29 is 31.1 Å². The average Bonchev–Trinajstić information content (AvgIpc) is 2.90. The van der Waals surface area contributed by atoms with Gasteiger partial charge >= 0.3 is 0 Å². The molecule has 10 heteroatoms. The van der Waals surface area contributed by atoms with E-state index in [9.17, 15) is 31.1 Å². The van der Waals surface area contributed by atoms with Crippen LogP contribution in [0.1, 0.15) is 53.5 Å². The Bertz CT molecular complexity index is 1380. The monoisotopic (exact) mass is 621 g/mol. The molecule has 1 unspecified atom stereocenters. The van der Waals surface area contributed by atoms with Gasteiger partial charge < -0.3 is 10.3 Å². The van der Waals surface area contributed by atoms with E-state index in [0.29, 0.717) is 16.8 Å². The molecule has 1 aliphatic heterocycles. The topological polar surface area (TPSA) is 35.6 Å². The quantitative estimate of drug-likeness (QED) is 0.177. The molecule has 1 amide bonds. The van der Waals surface area contributed by atoms with Gasteiger partial charge in [-0.3, -0.25) is 4.79 Å². The highest BCUT2D eigenvalue weighted by molar-refractivity contribution is 5.99. The lowest BCUT2D eigenvalue weighted by Crippen LogP contribution is -2.56. The van der Waals surface area contributed by atoms with Crippen molar-refractivity contribution in [3.8, 4) is 0 Å². The lowest BCUT2D eigenvalue weighted by atomic mass is 9.95. The number of carbonyl (C=O) groups excluding carboxylic acids is 1. The fraction of sp³-hybridized carbons (Fsp3) is 0.382. The van der Waals surface area contributed by atoms with Crippen molar-refractivity contribution in [1.29, 1.82) is 0 Å². The standard InChI is InChI=1S/C34H41F6N3O/c1-9-12-29(26(17-21(2)3)23(6)13-10-16-31(36)37)41-33(44)27-18-30(22(4)5)43(20-34(8,39)40)42(24(27)7)19-25-14-11-15-28(35)32(25)38/h9-15,17-18,22,30-31H,6-7,16,19-20H2,1-5,8H3,(H,41,44)/b12-9-,13-10-,29-26-. The minimum Gasteiger partial charge on any atom is -0.321 e. The molecule has 0 saturated heterocycles. The molecule has 0 fully saturated rings. The first kappa shape index (κ1) is 36.4. The lowest BCUT2D eigenvalue weighted by molar-refractivity contribution is -0.123. The van der Waals surface area contributed by atoms with Gasteiger partial charge in [0.2, 0.25) is 6.43 Å². The van der Waals surface area contributed by atoms with E-state index in [4.69, 9.17) is 0 Å². The first-order chi connectivity index (χ1) is 20.5. The average molecular weight is 622 g/mol. The van der Waals surface area contributed by atoms with Crippen molar-refractivity contribution >= 4 is 5.91 Å². The Morgan fingerprint density at radius 1 is 1.16 bits per heavy atom. The summed E-state index contributed by atoms with van der Waals surface area (Å²) in [5.41, 5.74) is 1.95. The number of nitrogens with zero attached hydrogens (tertiary/aromatic N) is 2. The van der Waals surface area contributed by atoms with Crippen molar-refractivity contribution in [2.45, 2.75) is 72.9 Å². The number of halogens is 6. The second-order valence-electron chi connectivity index (χ2n) is 11.3. The number of carbonyl (C=O) groups is 1. The van der Waals surface area contributed by atoms with Crippen molar-refractivity contribution in [2.24, 2.45) is 5.92 Å². The Balaban J connectivity index is 2.66. The highest BCUT2D eigenvalue weighted by Gasteiger charge is 2.40. The van der Waals surface area contributed by atoms with Gasteiger partial charge in [0.25, 0.3) is 11.8 Å². The van der Waals surface area contributed by atoms with Crippen LogP contribution in [-0.2, 0) is 11.3 Å². The Hall–Kier alpha value is -3.79. The van der Waals surface area contributed by atoms with E-state index in [2.05, 4.69) is 18.5 Å².